The van der Waals surface area contributed by atoms with Gasteiger partial charge in [0, 0.05) is 37.0 Å². The Balaban J connectivity index is 1.39. The van der Waals surface area contributed by atoms with Crippen LogP contribution in [0.5, 0.6) is 0 Å². The normalized spacial score (nSPS) is 18.2. The molecule has 0 bridgehead atoms. The number of para-hydroxylation sites is 1. The van der Waals surface area contributed by atoms with Gasteiger partial charge in [0.05, 0.1) is 17.1 Å². The topological polar surface area (TPSA) is 63.9 Å². The van der Waals surface area contributed by atoms with Gasteiger partial charge in [-0.25, -0.2) is 9.67 Å². The van der Waals surface area contributed by atoms with Crippen molar-refractivity contribution in [1.82, 2.24) is 24.9 Å². The molecular weight excluding hydrogens is 322 g/mol. The smallest absolute Gasteiger partial charge is 0.224 e. The molecule has 1 amide bonds. The molecule has 3 heterocycles. The first-order valence-electron chi connectivity index (χ1n) is 8.26. The van der Waals surface area contributed by atoms with Gasteiger partial charge in [-0.3, -0.25) is 4.79 Å². The van der Waals surface area contributed by atoms with Crippen LogP contribution in [-0.4, -0.2) is 43.9 Å². The maximum atomic E-state index is 12.6. The minimum Gasteiger partial charge on any atom is -0.342 e. The van der Waals surface area contributed by atoms with Crippen LogP contribution >= 0.6 is 11.3 Å². The Morgan fingerprint density at radius 3 is 3.12 bits per heavy atom. The van der Waals surface area contributed by atoms with Crippen LogP contribution in [0.1, 0.15) is 30.2 Å². The van der Waals surface area contributed by atoms with Crippen LogP contribution in [-0.2, 0) is 11.3 Å². The van der Waals surface area contributed by atoms with Gasteiger partial charge < -0.3 is 4.90 Å². The van der Waals surface area contributed by atoms with E-state index in [0.717, 1.165) is 42.0 Å². The van der Waals surface area contributed by atoms with Gasteiger partial charge in [-0.1, -0.05) is 17.3 Å². The van der Waals surface area contributed by atoms with E-state index in [9.17, 15) is 4.79 Å². The van der Waals surface area contributed by atoms with Crippen molar-refractivity contribution in [1.29, 1.82) is 0 Å². The maximum Gasteiger partial charge on any atom is 0.224 e. The lowest BCUT2D eigenvalue weighted by molar-refractivity contribution is -0.132. The highest BCUT2D eigenvalue weighted by Gasteiger charge is 2.26. The number of carbonyl (C=O) groups excluding carboxylic acids is 1. The van der Waals surface area contributed by atoms with Crippen LogP contribution in [0.2, 0.25) is 0 Å². The third-order valence-electron chi connectivity index (χ3n) is 4.53. The fourth-order valence-corrected chi connectivity index (χ4v) is 4.05. The number of hydrogen-bond acceptors (Lipinski definition) is 5. The third-order valence-corrected chi connectivity index (χ3v) is 5.47. The summed E-state index contributed by atoms with van der Waals surface area (Å²) in [7, 11) is 0. The van der Waals surface area contributed by atoms with Crippen molar-refractivity contribution in [2.75, 3.05) is 13.1 Å². The molecule has 1 aliphatic heterocycles. The lowest BCUT2D eigenvalue weighted by atomic mass is 9.98. The average molecular weight is 341 g/mol. The molecular formula is C17H19N5OS. The molecule has 3 aromatic rings. The van der Waals surface area contributed by atoms with Crippen molar-refractivity contribution < 1.29 is 4.79 Å². The van der Waals surface area contributed by atoms with Crippen LogP contribution in [0, 0.1) is 0 Å². The predicted molar refractivity (Wildman–Crippen MR) is 92.8 cm³/mol. The van der Waals surface area contributed by atoms with Gasteiger partial charge in [0.1, 0.15) is 5.52 Å². The van der Waals surface area contributed by atoms with Gasteiger partial charge in [0.25, 0.3) is 0 Å². The van der Waals surface area contributed by atoms with Crippen molar-refractivity contribution in [3.63, 3.8) is 0 Å². The second kappa shape index (κ2) is 6.68. The molecule has 0 unspecified atom stereocenters. The number of nitrogens with zero attached hydrogens (tertiary/aromatic N) is 5. The Hall–Kier alpha value is -2.28. The van der Waals surface area contributed by atoms with Gasteiger partial charge in [-0.05, 0) is 25.0 Å². The van der Waals surface area contributed by atoms with Gasteiger partial charge in [-0.2, -0.15) is 0 Å². The second-order valence-electron chi connectivity index (χ2n) is 6.10. The number of aryl methyl sites for hydroxylation is 1. The summed E-state index contributed by atoms with van der Waals surface area (Å²) in [6.45, 7) is 2.20. The van der Waals surface area contributed by atoms with Gasteiger partial charge in [-0.15, -0.1) is 16.4 Å². The Labute approximate surface area is 144 Å². The minimum absolute atomic E-state index is 0.191. The van der Waals surface area contributed by atoms with E-state index in [0.29, 0.717) is 18.9 Å². The van der Waals surface area contributed by atoms with Gasteiger partial charge in [0.15, 0.2) is 0 Å². The number of hydrogen-bond donors (Lipinski definition) is 0. The van der Waals surface area contributed by atoms with Crippen molar-refractivity contribution in [3.8, 4) is 0 Å². The molecule has 0 saturated carbocycles. The molecule has 4 rings (SSSR count). The number of amides is 1. The monoisotopic (exact) mass is 341 g/mol. The summed E-state index contributed by atoms with van der Waals surface area (Å²) >= 11 is 1.68. The van der Waals surface area contributed by atoms with Crippen LogP contribution < -0.4 is 0 Å². The molecule has 7 heteroatoms. The third kappa shape index (κ3) is 3.03. The fourth-order valence-electron chi connectivity index (χ4n) is 3.28. The first kappa shape index (κ1) is 15.3. The second-order valence-corrected chi connectivity index (χ2v) is 7.03. The number of fused-ring (bicyclic) bond motifs is 1. The summed E-state index contributed by atoms with van der Waals surface area (Å²) < 4.78 is 1.81. The molecule has 0 N–H and O–H groups in total. The number of likely N-dealkylation sites (tertiary alicyclic amines) is 1. The fraction of sp³-hybridized carbons (Fsp3) is 0.412. The highest BCUT2D eigenvalue weighted by Crippen LogP contribution is 2.28. The van der Waals surface area contributed by atoms with E-state index < -0.39 is 0 Å². The van der Waals surface area contributed by atoms with E-state index in [-0.39, 0.29) is 5.91 Å². The van der Waals surface area contributed by atoms with E-state index in [2.05, 4.69) is 15.3 Å². The number of thiazole rings is 1. The average Bonchev–Trinajstić information content (AvgIpc) is 3.30. The van der Waals surface area contributed by atoms with Crippen molar-refractivity contribution in [2.45, 2.75) is 31.7 Å². The summed E-state index contributed by atoms with van der Waals surface area (Å²) in [6, 6.07) is 7.83. The maximum absolute atomic E-state index is 12.6. The Morgan fingerprint density at radius 1 is 1.33 bits per heavy atom. The van der Waals surface area contributed by atoms with Gasteiger partial charge in [0.2, 0.25) is 5.91 Å². The van der Waals surface area contributed by atoms with Crippen LogP contribution in [0.3, 0.4) is 0 Å². The minimum atomic E-state index is 0.191. The van der Waals surface area contributed by atoms with E-state index >= 15 is 0 Å². The predicted octanol–water partition coefficient (Wildman–Crippen LogP) is 2.68. The lowest BCUT2D eigenvalue weighted by Crippen LogP contribution is -2.39. The largest absolute Gasteiger partial charge is 0.342 e. The molecule has 0 aliphatic carbocycles. The highest BCUT2D eigenvalue weighted by molar-refractivity contribution is 7.09. The first-order chi connectivity index (χ1) is 11.8. The Kier molecular flexibility index (Phi) is 4.25. The van der Waals surface area contributed by atoms with Crippen LogP contribution in [0.4, 0.5) is 0 Å². The molecule has 1 aromatic carbocycles. The number of carbonyl (C=O) groups is 1. The molecule has 1 fully saturated rings. The van der Waals surface area contributed by atoms with E-state index in [1.54, 1.807) is 11.3 Å². The van der Waals surface area contributed by atoms with E-state index in [1.807, 2.05) is 45.4 Å². The van der Waals surface area contributed by atoms with Crippen molar-refractivity contribution >= 4 is 28.3 Å². The summed E-state index contributed by atoms with van der Waals surface area (Å²) in [5.74, 6) is 0.575. The quantitative estimate of drug-likeness (QED) is 0.732. The van der Waals surface area contributed by atoms with E-state index in [1.165, 1.54) is 0 Å². The Bertz CT molecular complexity index is 829. The summed E-state index contributed by atoms with van der Waals surface area (Å²) in [5.41, 5.74) is 1.84. The van der Waals surface area contributed by atoms with Crippen LogP contribution in [0.15, 0.2) is 35.8 Å². The summed E-state index contributed by atoms with van der Waals surface area (Å²) in [5, 5.41) is 11.4. The highest BCUT2D eigenvalue weighted by atomic mass is 32.1. The summed E-state index contributed by atoms with van der Waals surface area (Å²) in [6.07, 6.45) is 4.46. The van der Waals surface area contributed by atoms with Gasteiger partial charge >= 0.3 is 0 Å². The zero-order valence-corrected chi connectivity index (χ0v) is 14.2. The molecule has 1 aliphatic rings. The SMILES string of the molecule is O=C(CCn1nnc2ccccc21)N1CCC[C@H](c2nccs2)C1. The zero-order chi connectivity index (χ0) is 16.4. The molecule has 6 nitrogen and oxygen atoms in total. The molecule has 0 radical (unpaired) electrons. The van der Waals surface area contributed by atoms with Crippen molar-refractivity contribution in [2.24, 2.45) is 0 Å². The summed E-state index contributed by atoms with van der Waals surface area (Å²) in [4.78, 5) is 19.0. The molecule has 2 aromatic heterocycles. The Morgan fingerprint density at radius 2 is 2.25 bits per heavy atom. The van der Waals surface area contributed by atoms with E-state index in [4.69, 9.17) is 0 Å². The zero-order valence-electron chi connectivity index (χ0n) is 13.3. The molecule has 124 valence electrons. The number of rotatable bonds is 4. The molecule has 1 saturated heterocycles. The lowest BCUT2D eigenvalue weighted by Gasteiger charge is -2.32. The molecule has 0 spiro atoms. The van der Waals surface area contributed by atoms with Crippen molar-refractivity contribution in [3.05, 3.63) is 40.8 Å². The molecule has 1 atom stereocenters. The van der Waals surface area contributed by atoms with Crippen LogP contribution in [0.25, 0.3) is 11.0 Å². The first-order valence-corrected chi connectivity index (χ1v) is 9.14. The number of benzene rings is 1. The molecule has 24 heavy (non-hydrogen) atoms. The number of aromatic nitrogens is 4. The standard InChI is InChI=1S/C17H19N5OS/c23-16(7-10-22-15-6-2-1-5-14(15)19-20-22)21-9-3-4-13(12-21)17-18-8-11-24-17/h1-2,5-6,8,11,13H,3-4,7,9-10,12H2/t13-/m0/s1. The number of piperidine rings is 1.